The molecule has 1 fully saturated rings. The molecule has 0 spiro atoms. The molecule has 10 heteroatoms. The fraction of sp³-hybridized carbons (Fsp3) is 0.722. The minimum atomic E-state index is -1.27. The summed E-state index contributed by atoms with van der Waals surface area (Å²) in [5.74, 6) is 0.226. The first-order valence-corrected chi connectivity index (χ1v) is 9.87. The lowest BCUT2D eigenvalue weighted by Gasteiger charge is -2.29. The Hall–Kier alpha value is -1.85. The number of ether oxygens (including phenoxy) is 1. The number of hydrogen-bond donors (Lipinski definition) is 4. The first kappa shape index (κ1) is 20.9. The number of aliphatic hydroxyl groups excluding tert-OH is 2. The molecule has 2 aromatic heterocycles. The van der Waals surface area contributed by atoms with E-state index in [1.54, 1.807) is 0 Å². The maximum absolute atomic E-state index is 10.6. The Kier molecular flexibility index (Phi) is 7.51. The van der Waals surface area contributed by atoms with Gasteiger partial charge in [-0.25, -0.2) is 15.0 Å². The topological polar surface area (TPSA) is 135 Å². The summed E-state index contributed by atoms with van der Waals surface area (Å²) in [6.07, 6.45) is 6.00. The highest BCUT2D eigenvalue weighted by Gasteiger charge is 2.29. The van der Waals surface area contributed by atoms with E-state index in [1.807, 2.05) is 0 Å². The minimum absolute atomic E-state index is 0.226. The maximum Gasteiger partial charge on any atom is 0.167 e. The number of likely N-dealkylation sites (tertiary alicyclic amines) is 1. The van der Waals surface area contributed by atoms with Crippen LogP contribution in [0.2, 0.25) is 0 Å². The molecule has 0 radical (unpaired) electrons. The van der Waals surface area contributed by atoms with Crippen molar-refractivity contribution in [2.45, 2.75) is 50.5 Å². The van der Waals surface area contributed by atoms with E-state index in [9.17, 15) is 10.2 Å². The number of aliphatic hydroxyl groups is 2. The van der Waals surface area contributed by atoms with Gasteiger partial charge in [-0.05, 0) is 25.9 Å². The molecule has 0 aliphatic carbocycles. The van der Waals surface area contributed by atoms with Crippen LogP contribution in [0, 0.1) is 0 Å². The second-order valence-corrected chi connectivity index (χ2v) is 7.26. The number of aromatic nitrogens is 4. The van der Waals surface area contributed by atoms with Gasteiger partial charge in [0, 0.05) is 20.3 Å². The van der Waals surface area contributed by atoms with Gasteiger partial charge in [0.25, 0.3) is 0 Å². The third-order valence-electron chi connectivity index (χ3n) is 5.29. The SMILES string of the molecule is COC(CNCN1CCCCCCC1)C(O)C(O)n1cnc2c(N)ncnc21. The highest BCUT2D eigenvalue weighted by molar-refractivity contribution is 5.81. The largest absolute Gasteiger partial charge is 0.386 e. The molecule has 1 saturated heterocycles. The van der Waals surface area contributed by atoms with Crippen LogP contribution < -0.4 is 11.1 Å². The molecule has 0 bridgehead atoms. The van der Waals surface area contributed by atoms with Gasteiger partial charge in [0.2, 0.25) is 0 Å². The molecule has 0 aromatic carbocycles. The quantitative estimate of drug-likeness (QED) is 0.492. The molecular formula is C18H31N7O3. The van der Waals surface area contributed by atoms with Crippen molar-refractivity contribution in [2.75, 3.05) is 39.1 Å². The molecule has 0 amide bonds. The first-order chi connectivity index (χ1) is 13.6. The van der Waals surface area contributed by atoms with Crippen LogP contribution in [0.4, 0.5) is 5.82 Å². The molecule has 3 unspecified atom stereocenters. The standard InChI is InChI=1S/C18H31N7O3/c1-28-13(9-20-11-24-7-5-3-2-4-6-8-24)15(26)18(27)25-12-23-14-16(19)21-10-22-17(14)25/h10,12-13,15,18,20,26-27H,2-9,11H2,1H3,(H2,19,21,22). The molecular weight excluding hydrogens is 362 g/mol. The molecule has 0 saturated carbocycles. The number of rotatable bonds is 8. The Morgan fingerprint density at radius 1 is 1.14 bits per heavy atom. The lowest BCUT2D eigenvalue weighted by Crippen LogP contribution is -2.45. The normalized spacial score (nSPS) is 19.8. The number of nitrogens with two attached hydrogens (primary N) is 1. The van der Waals surface area contributed by atoms with Gasteiger partial charge in [-0.2, -0.15) is 0 Å². The molecule has 3 atom stereocenters. The van der Waals surface area contributed by atoms with Gasteiger partial charge < -0.3 is 26.0 Å². The second kappa shape index (κ2) is 10.1. The number of methoxy groups -OCH3 is 1. The van der Waals surface area contributed by atoms with E-state index in [0.29, 0.717) is 17.7 Å². The van der Waals surface area contributed by atoms with Crippen molar-refractivity contribution >= 4 is 17.0 Å². The molecule has 1 aliphatic rings. The molecule has 10 nitrogen and oxygen atoms in total. The van der Waals surface area contributed by atoms with Crippen LogP contribution in [0.25, 0.3) is 11.2 Å². The van der Waals surface area contributed by atoms with E-state index >= 15 is 0 Å². The fourth-order valence-electron chi connectivity index (χ4n) is 3.60. The maximum atomic E-state index is 10.6. The Labute approximate surface area is 164 Å². The van der Waals surface area contributed by atoms with Crippen molar-refractivity contribution in [1.82, 2.24) is 29.7 Å². The molecule has 1 aliphatic heterocycles. The summed E-state index contributed by atoms with van der Waals surface area (Å²) in [4.78, 5) is 14.5. The van der Waals surface area contributed by atoms with Crippen LogP contribution in [-0.2, 0) is 4.74 Å². The van der Waals surface area contributed by atoms with Crippen LogP contribution >= 0.6 is 0 Å². The summed E-state index contributed by atoms with van der Waals surface area (Å²) in [7, 11) is 1.52. The lowest BCUT2D eigenvalue weighted by molar-refractivity contribution is -0.101. The predicted molar refractivity (Wildman–Crippen MR) is 105 cm³/mol. The van der Waals surface area contributed by atoms with Gasteiger partial charge in [-0.15, -0.1) is 0 Å². The van der Waals surface area contributed by atoms with Crippen LogP contribution in [0.3, 0.4) is 0 Å². The summed E-state index contributed by atoms with van der Waals surface area (Å²) < 4.78 is 6.80. The Bertz CT molecular complexity index is 733. The monoisotopic (exact) mass is 393 g/mol. The number of anilines is 1. The highest BCUT2D eigenvalue weighted by atomic mass is 16.5. The Morgan fingerprint density at radius 3 is 2.57 bits per heavy atom. The molecule has 3 rings (SSSR count). The number of nitrogen functional groups attached to an aromatic ring is 1. The third-order valence-corrected chi connectivity index (χ3v) is 5.29. The lowest BCUT2D eigenvalue weighted by atomic mass is 10.1. The Morgan fingerprint density at radius 2 is 1.86 bits per heavy atom. The number of nitrogens with zero attached hydrogens (tertiary/aromatic N) is 5. The van der Waals surface area contributed by atoms with Crippen molar-refractivity contribution in [3.8, 4) is 0 Å². The van der Waals surface area contributed by atoms with E-state index in [1.165, 1.54) is 56.4 Å². The van der Waals surface area contributed by atoms with Crippen molar-refractivity contribution in [2.24, 2.45) is 0 Å². The van der Waals surface area contributed by atoms with E-state index in [0.717, 1.165) is 19.8 Å². The fourth-order valence-corrected chi connectivity index (χ4v) is 3.60. The summed E-state index contributed by atoms with van der Waals surface area (Å²) >= 11 is 0. The van der Waals surface area contributed by atoms with Crippen molar-refractivity contribution in [3.63, 3.8) is 0 Å². The van der Waals surface area contributed by atoms with Crippen LogP contribution in [0.1, 0.15) is 38.3 Å². The molecule has 28 heavy (non-hydrogen) atoms. The second-order valence-electron chi connectivity index (χ2n) is 7.26. The summed E-state index contributed by atoms with van der Waals surface area (Å²) in [6.45, 7) is 3.31. The number of nitrogens with one attached hydrogen (secondary N) is 1. The van der Waals surface area contributed by atoms with Crippen LogP contribution in [-0.4, -0.2) is 80.3 Å². The van der Waals surface area contributed by atoms with Gasteiger partial charge in [-0.3, -0.25) is 9.47 Å². The average Bonchev–Trinajstić information content (AvgIpc) is 3.11. The summed E-state index contributed by atoms with van der Waals surface area (Å²) in [5.41, 5.74) is 6.53. The van der Waals surface area contributed by atoms with Crippen LogP contribution in [0.15, 0.2) is 12.7 Å². The van der Waals surface area contributed by atoms with Crippen molar-refractivity contribution in [3.05, 3.63) is 12.7 Å². The van der Waals surface area contributed by atoms with Crippen molar-refractivity contribution in [1.29, 1.82) is 0 Å². The van der Waals surface area contributed by atoms with Gasteiger partial charge >= 0.3 is 0 Å². The highest BCUT2D eigenvalue weighted by Crippen LogP contribution is 2.21. The molecule has 156 valence electrons. The van der Waals surface area contributed by atoms with E-state index in [4.69, 9.17) is 10.5 Å². The van der Waals surface area contributed by atoms with Gasteiger partial charge in [0.15, 0.2) is 17.7 Å². The summed E-state index contributed by atoms with van der Waals surface area (Å²) in [5, 5.41) is 24.6. The number of hydrogen-bond acceptors (Lipinski definition) is 9. The van der Waals surface area contributed by atoms with Gasteiger partial charge in [0.1, 0.15) is 17.9 Å². The first-order valence-electron chi connectivity index (χ1n) is 9.87. The zero-order valence-corrected chi connectivity index (χ0v) is 16.4. The summed E-state index contributed by atoms with van der Waals surface area (Å²) in [6, 6.07) is 0. The zero-order chi connectivity index (χ0) is 19.9. The van der Waals surface area contributed by atoms with Crippen LogP contribution in [0.5, 0.6) is 0 Å². The minimum Gasteiger partial charge on any atom is -0.386 e. The average molecular weight is 393 g/mol. The van der Waals surface area contributed by atoms with E-state index < -0.39 is 18.4 Å². The third kappa shape index (κ3) is 4.95. The number of imidazole rings is 1. The number of fused-ring (bicyclic) bond motifs is 1. The van der Waals surface area contributed by atoms with Gasteiger partial charge in [0.05, 0.1) is 12.4 Å². The van der Waals surface area contributed by atoms with Crippen molar-refractivity contribution < 1.29 is 14.9 Å². The molecule has 2 aromatic rings. The van der Waals surface area contributed by atoms with Gasteiger partial charge in [-0.1, -0.05) is 19.3 Å². The van der Waals surface area contributed by atoms with E-state index in [-0.39, 0.29) is 5.82 Å². The predicted octanol–water partition coefficient (Wildman–Crippen LogP) is 0.0885. The molecule has 5 N–H and O–H groups in total. The smallest absolute Gasteiger partial charge is 0.167 e. The van der Waals surface area contributed by atoms with E-state index in [2.05, 4.69) is 25.2 Å². The Balaban J connectivity index is 1.57. The molecule has 3 heterocycles. The zero-order valence-electron chi connectivity index (χ0n) is 16.4.